The van der Waals surface area contributed by atoms with Gasteiger partial charge in [-0.15, -0.1) is 0 Å². The van der Waals surface area contributed by atoms with Gasteiger partial charge in [-0.2, -0.15) is 0 Å². The number of rotatable bonds is 6. The zero-order valence-electron chi connectivity index (χ0n) is 23.8. The third-order valence-electron chi connectivity index (χ3n) is 6.94. The highest BCUT2D eigenvalue weighted by atomic mass is 16.5. The van der Waals surface area contributed by atoms with Crippen molar-refractivity contribution in [1.29, 1.82) is 0 Å². The second kappa shape index (κ2) is 10.8. The first-order chi connectivity index (χ1) is 19.1. The molecular formula is C34H34N4O2. The molecule has 0 saturated heterocycles. The van der Waals surface area contributed by atoms with E-state index in [2.05, 4.69) is 67.1 Å². The third kappa shape index (κ3) is 5.52. The molecule has 0 atom stereocenters. The topological polar surface area (TPSA) is 60.2 Å². The second-order valence-corrected chi connectivity index (χ2v) is 11.0. The maximum Gasteiger partial charge on any atom is 0.266 e. The van der Waals surface area contributed by atoms with Crippen molar-refractivity contribution < 1.29 is 4.74 Å². The van der Waals surface area contributed by atoms with Gasteiger partial charge in [-0.25, -0.2) is 9.97 Å². The van der Waals surface area contributed by atoms with Crippen molar-refractivity contribution in [1.82, 2.24) is 14.5 Å². The lowest BCUT2D eigenvalue weighted by Gasteiger charge is -2.21. The van der Waals surface area contributed by atoms with Crippen molar-refractivity contribution in [3.63, 3.8) is 0 Å². The highest BCUT2D eigenvalue weighted by Gasteiger charge is 2.17. The van der Waals surface area contributed by atoms with Crippen LogP contribution in [-0.4, -0.2) is 35.7 Å². The highest BCUT2D eigenvalue weighted by Crippen LogP contribution is 2.27. The summed E-state index contributed by atoms with van der Waals surface area (Å²) in [4.78, 5) is 25.7. The van der Waals surface area contributed by atoms with E-state index in [1.54, 1.807) is 17.7 Å². The van der Waals surface area contributed by atoms with E-state index in [4.69, 9.17) is 9.72 Å². The van der Waals surface area contributed by atoms with Gasteiger partial charge in [0, 0.05) is 25.8 Å². The van der Waals surface area contributed by atoms with Gasteiger partial charge < -0.3 is 9.64 Å². The lowest BCUT2D eigenvalue weighted by Crippen LogP contribution is -2.23. The fourth-order valence-corrected chi connectivity index (χ4v) is 4.60. The summed E-state index contributed by atoms with van der Waals surface area (Å²) >= 11 is 0. The number of anilines is 1. The summed E-state index contributed by atoms with van der Waals surface area (Å²) in [5, 5.41) is 0.562. The summed E-state index contributed by atoms with van der Waals surface area (Å²) < 4.78 is 6.96. The molecule has 0 bridgehead atoms. The number of ether oxygens (including phenoxy) is 1. The minimum atomic E-state index is -0.124. The van der Waals surface area contributed by atoms with Gasteiger partial charge in [-0.05, 0) is 76.7 Å². The number of benzene rings is 3. The van der Waals surface area contributed by atoms with E-state index in [9.17, 15) is 4.79 Å². The lowest BCUT2D eigenvalue weighted by atomic mass is 9.87. The van der Waals surface area contributed by atoms with Gasteiger partial charge in [0.25, 0.3) is 5.56 Å². The third-order valence-corrected chi connectivity index (χ3v) is 6.94. The smallest absolute Gasteiger partial charge is 0.266 e. The lowest BCUT2D eigenvalue weighted by molar-refractivity contribution is 0.397. The quantitative estimate of drug-likeness (QED) is 0.237. The summed E-state index contributed by atoms with van der Waals surface area (Å²) in [6, 6.07) is 27.9. The Labute approximate surface area is 235 Å². The number of methoxy groups -OCH3 is 1. The zero-order chi connectivity index (χ0) is 28.4. The highest BCUT2D eigenvalue weighted by molar-refractivity contribution is 5.85. The molecule has 2 aromatic heterocycles. The van der Waals surface area contributed by atoms with Crippen molar-refractivity contribution in [2.45, 2.75) is 26.2 Å². The Hall–Kier alpha value is -4.71. The minimum Gasteiger partial charge on any atom is -0.481 e. The van der Waals surface area contributed by atoms with Crippen molar-refractivity contribution in [3.05, 3.63) is 112 Å². The number of hydrogen-bond acceptors (Lipinski definition) is 5. The van der Waals surface area contributed by atoms with E-state index >= 15 is 0 Å². The molecule has 2 heterocycles. The summed E-state index contributed by atoms with van der Waals surface area (Å²) in [6.07, 6.45) is 3.68. The van der Waals surface area contributed by atoms with Crippen LogP contribution in [0.5, 0.6) is 5.88 Å². The Morgan fingerprint density at radius 1 is 0.825 bits per heavy atom. The molecule has 0 fully saturated rings. The van der Waals surface area contributed by atoms with Crippen molar-refractivity contribution >= 4 is 28.7 Å². The fourth-order valence-electron chi connectivity index (χ4n) is 4.60. The summed E-state index contributed by atoms with van der Waals surface area (Å²) in [5.41, 5.74) is 6.19. The molecule has 6 nitrogen and oxygen atoms in total. The Morgan fingerprint density at radius 3 is 2.25 bits per heavy atom. The SMILES string of the molecule is COc1cccc(/C=C/c2nc3ccc(-c4ccc(N(C)C)cc4)cc3c(=O)n2-c2cccc(C(C)(C)C)c2)n1. The summed E-state index contributed by atoms with van der Waals surface area (Å²) in [6.45, 7) is 6.49. The van der Waals surface area contributed by atoms with E-state index in [1.807, 2.05) is 68.7 Å². The normalized spacial score (nSPS) is 11.8. The van der Waals surface area contributed by atoms with E-state index in [1.165, 1.54) is 0 Å². The average molecular weight is 531 g/mol. The van der Waals surface area contributed by atoms with Gasteiger partial charge >= 0.3 is 0 Å². The van der Waals surface area contributed by atoms with Gasteiger partial charge in [-0.1, -0.05) is 57.2 Å². The van der Waals surface area contributed by atoms with Gasteiger partial charge in [0.05, 0.1) is 29.4 Å². The van der Waals surface area contributed by atoms with E-state index in [0.717, 1.165) is 28.1 Å². The van der Waals surface area contributed by atoms with Crippen LogP contribution in [0.1, 0.15) is 37.9 Å². The number of pyridine rings is 1. The molecule has 5 aromatic rings. The molecule has 6 heteroatoms. The first kappa shape index (κ1) is 26.9. The molecule has 3 aromatic carbocycles. The predicted octanol–water partition coefficient (Wildman–Crippen LogP) is 6.99. The van der Waals surface area contributed by atoms with Crippen LogP contribution in [0.4, 0.5) is 5.69 Å². The molecule has 0 spiro atoms. The minimum absolute atomic E-state index is 0.0731. The van der Waals surface area contributed by atoms with Crippen molar-refractivity contribution in [2.75, 3.05) is 26.1 Å². The van der Waals surface area contributed by atoms with Crippen LogP contribution in [0, 0.1) is 0 Å². The van der Waals surface area contributed by atoms with Gasteiger partial charge in [-0.3, -0.25) is 9.36 Å². The van der Waals surface area contributed by atoms with Crippen LogP contribution < -0.4 is 15.2 Å². The zero-order valence-corrected chi connectivity index (χ0v) is 23.8. The van der Waals surface area contributed by atoms with Crippen LogP contribution in [-0.2, 0) is 5.41 Å². The summed E-state index contributed by atoms with van der Waals surface area (Å²) in [5.74, 6) is 1.05. The first-order valence-corrected chi connectivity index (χ1v) is 13.3. The van der Waals surface area contributed by atoms with Crippen LogP contribution in [0.25, 0.3) is 39.9 Å². The van der Waals surface area contributed by atoms with Crippen LogP contribution in [0.2, 0.25) is 0 Å². The maximum absolute atomic E-state index is 14.2. The fraction of sp³-hybridized carbons (Fsp3) is 0.206. The van der Waals surface area contributed by atoms with Crippen LogP contribution >= 0.6 is 0 Å². The molecule has 5 rings (SSSR count). The molecule has 0 aliphatic carbocycles. The van der Waals surface area contributed by atoms with Gasteiger partial charge in [0.1, 0.15) is 5.82 Å². The molecule has 0 aliphatic rings. The van der Waals surface area contributed by atoms with Crippen LogP contribution in [0.15, 0.2) is 89.7 Å². The Balaban J connectivity index is 1.69. The number of aromatic nitrogens is 3. The number of fused-ring (bicyclic) bond motifs is 1. The predicted molar refractivity (Wildman–Crippen MR) is 166 cm³/mol. The van der Waals surface area contributed by atoms with Crippen LogP contribution in [0.3, 0.4) is 0 Å². The summed E-state index contributed by atoms with van der Waals surface area (Å²) in [7, 11) is 5.62. The van der Waals surface area contributed by atoms with E-state index < -0.39 is 0 Å². The molecule has 40 heavy (non-hydrogen) atoms. The molecule has 0 N–H and O–H groups in total. The number of nitrogens with zero attached hydrogens (tertiary/aromatic N) is 4. The molecule has 0 amide bonds. The van der Waals surface area contributed by atoms with Gasteiger partial charge in [0.15, 0.2) is 0 Å². The van der Waals surface area contributed by atoms with E-state index in [-0.39, 0.29) is 11.0 Å². The largest absolute Gasteiger partial charge is 0.481 e. The maximum atomic E-state index is 14.2. The molecule has 0 aliphatic heterocycles. The second-order valence-electron chi connectivity index (χ2n) is 11.0. The molecule has 0 unspecified atom stereocenters. The molecule has 202 valence electrons. The standard InChI is InChI=1S/C34H34N4O2/c1-34(2,3)25-9-7-11-28(22-25)38-31(20-16-26-10-8-12-32(35-26)40-6)36-30-19-15-24(21-29(30)33(38)39)23-13-17-27(18-14-23)37(4)5/h7-22H,1-6H3/b20-16+. The first-order valence-electron chi connectivity index (χ1n) is 13.3. The Bertz CT molecular complexity index is 1760. The molecule has 0 radical (unpaired) electrons. The van der Waals surface area contributed by atoms with Crippen molar-refractivity contribution in [3.8, 4) is 22.7 Å². The Kier molecular flexibility index (Phi) is 7.26. The monoisotopic (exact) mass is 530 g/mol. The average Bonchev–Trinajstić information content (AvgIpc) is 2.96. The Morgan fingerprint density at radius 2 is 1.55 bits per heavy atom. The van der Waals surface area contributed by atoms with Gasteiger partial charge in [0.2, 0.25) is 5.88 Å². The van der Waals surface area contributed by atoms with Crippen molar-refractivity contribution in [2.24, 2.45) is 0 Å². The molecule has 0 saturated carbocycles. The number of hydrogen-bond donors (Lipinski definition) is 0. The van der Waals surface area contributed by atoms with E-state index in [0.29, 0.717) is 28.3 Å². The molecular weight excluding hydrogens is 496 g/mol.